The third-order valence-corrected chi connectivity index (χ3v) is 4.39. The van der Waals surface area contributed by atoms with Gasteiger partial charge >= 0.3 is 5.97 Å². The van der Waals surface area contributed by atoms with Gasteiger partial charge in [0, 0.05) is 22.1 Å². The molecule has 1 heterocycles. The monoisotopic (exact) mass is 356 g/mol. The normalized spacial score (nSPS) is 15.9. The van der Waals surface area contributed by atoms with Crippen LogP contribution >= 0.6 is 0 Å². The van der Waals surface area contributed by atoms with E-state index in [-0.39, 0.29) is 24.7 Å². The van der Waals surface area contributed by atoms with Gasteiger partial charge in [0.2, 0.25) is 0 Å². The topological polar surface area (TPSA) is 120 Å². The maximum absolute atomic E-state index is 11.2. The number of aromatic nitrogens is 2. The van der Waals surface area contributed by atoms with Gasteiger partial charge in [0.05, 0.1) is 24.9 Å². The number of ether oxygens (including phenoxy) is 1. The molecule has 0 bridgehead atoms. The van der Waals surface area contributed by atoms with E-state index in [1.165, 1.54) is 13.4 Å². The zero-order chi connectivity index (χ0) is 18.9. The number of rotatable bonds is 4. The Bertz CT molecular complexity index is 893. The number of esters is 1. The Morgan fingerprint density at radius 3 is 2.81 bits per heavy atom. The SMILES string of the molecule is COC(=O)CCO/N=C1\c2cc(O)ccc2-c2ncnc(N)c2C1(C)C. The van der Waals surface area contributed by atoms with Crippen LogP contribution in [0.3, 0.4) is 0 Å². The first kappa shape index (κ1) is 17.7. The number of methoxy groups -OCH3 is 1. The molecule has 2 aromatic rings. The number of fused-ring (bicyclic) bond motifs is 3. The van der Waals surface area contributed by atoms with Gasteiger partial charge in [-0.1, -0.05) is 5.16 Å². The number of phenols is 1. The Morgan fingerprint density at radius 1 is 1.31 bits per heavy atom. The highest BCUT2D eigenvalue weighted by molar-refractivity contribution is 6.15. The molecule has 0 amide bonds. The summed E-state index contributed by atoms with van der Waals surface area (Å²) in [7, 11) is 1.32. The zero-order valence-electron chi connectivity index (χ0n) is 14.8. The van der Waals surface area contributed by atoms with Gasteiger partial charge in [-0.25, -0.2) is 9.97 Å². The maximum Gasteiger partial charge on any atom is 0.309 e. The third kappa shape index (κ3) is 2.94. The average Bonchev–Trinajstić information content (AvgIpc) is 2.60. The van der Waals surface area contributed by atoms with Gasteiger partial charge in [-0.3, -0.25) is 4.79 Å². The molecule has 1 aromatic carbocycles. The number of nitrogen functional groups attached to an aromatic ring is 1. The van der Waals surface area contributed by atoms with Crippen molar-refractivity contribution in [2.45, 2.75) is 25.7 Å². The fourth-order valence-electron chi connectivity index (χ4n) is 3.11. The number of phenolic OH excluding ortho intramolecular Hbond substituents is 1. The fraction of sp³-hybridized carbons (Fsp3) is 0.333. The minimum atomic E-state index is -0.660. The molecule has 0 saturated heterocycles. The van der Waals surface area contributed by atoms with Crippen molar-refractivity contribution in [1.29, 1.82) is 0 Å². The predicted octanol–water partition coefficient (Wildman–Crippen LogP) is 2.01. The second kappa shape index (κ2) is 6.62. The van der Waals surface area contributed by atoms with Crippen molar-refractivity contribution in [1.82, 2.24) is 9.97 Å². The minimum Gasteiger partial charge on any atom is -0.508 e. The molecule has 1 aliphatic carbocycles. The highest BCUT2D eigenvalue weighted by Gasteiger charge is 2.40. The van der Waals surface area contributed by atoms with Crippen molar-refractivity contribution in [3.8, 4) is 17.0 Å². The largest absolute Gasteiger partial charge is 0.508 e. The third-order valence-electron chi connectivity index (χ3n) is 4.39. The van der Waals surface area contributed by atoms with Gasteiger partial charge in [0.15, 0.2) is 0 Å². The van der Waals surface area contributed by atoms with E-state index in [4.69, 9.17) is 10.6 Å². The molecule has 26 heavy (non-hydrogen) atoms. The van der Waals surface area contributed by atoms with Crippen LogP contribution in [0.1, 0.15) is 31.4 Å². The van der Waals surface area contributed by atoms with E-state index >= 15 is 0 Å². The summed E-state index contributed by atoms with van der Waals surface area (Å²) in [5, 5.41) is 14.2. The number of carbonyl (C=O) groups excluding carboxylic acids is 1. The standard InChI is InChI=1S/C18H20N4O4/c1-18(2)14-15(20-9-21-17(14)19)11-5-4-10(23)8-12(11)16(18)22-26-7-6-13(24)25-3/h4-5,8-9,23H,6-7H2,1-3H3,(H2,19,20,21)/b22-16+. The van der Waals surface area contributed by atoms with E-state index in [1.807, 2.05) is 13.8 Å². The molecule has 0 spiro atoms. The number of hydrogen-bond donors (Lipinski definition) is 2. The molecule has 3 N–H and O–H groups in total. The molecule has 3 rings (SSSR count). The van der Waals surface area contributed by atoms with Crippen LogP contribution in [0.15, 0.2) is 29.7 Å². The van der Waals surface area contributed by atoms with Crippen LogP contribution in [-0.4, -0.2) is 40.5 Å². The lowest BCUT2D eigenvalue weighted by atomic mass is 9.70. The number of nitrogens with zero attached hydrogens (tertiary/aromatic N) is 3. The number of aromatic hydroxyl groups is 1. The summed E-state index contributed by atoms with van der Waals surface area (Å²) in [5.41, 5.74) is 8.95. The number of carbonyl (C=O) groups is 1. The van der Waals surface area contributed by atoms with Crippen molar-refractivity contribution in [2.24, 2.45) is 5.16 Å². The van der Waals surface area contributed by atoms with Gasteiger partial charge in [-0.2, -0.15) is 0 Å². The van der Waals surface area contributed by atoms with E-state index in [2.05, 4.69) is 19.9 Å². The Kier molecular flexibility index (Phi) is 4.50. The summed E-state index contributed by atoms with van der Waals surface area (Å²) in [5.74, 6) is 0.0856. The zero-order valence-corrected chi connectivity index (χ0v) is 14.8. The Labute approximate surface area is 150 Å². The van der Waals surface area contributed by atoms with Gasteiger partial charge in [0.25, 0.3) is 0 Å². The van der Waals surface area contributed by atoms with E-state index in [0.717, 1.165) is 11.1 Å². The summed E-state index contributed by atoms with van der Waals surface area (Å²) < 4.78 is 4.58. The smallest absolute Gasteiger partial charge is 0.309 e. The molecule has 0 saturated carbocycles. The van der Waals surface area contributed by atoms with Crippen molar-refractivity contribution in [2.75, 3.05) is 19.5 Å². The average molecular weight is 356 g/mol. The summed E-state index contributed by atoms with van der Waals surface area (Å²) in [4.78, 5) is 25.1. The highest BCUT2D eigenvalue weighted by atomic mass is 16.6. The maximum atomic E-state index is 11.2. The predicted molar refractivity (Wildman–Crippen MR) is 95.7 cm³/mol. The van der Waals surface area contributed by atoms with E-state index in [9.17, 15) is 9.90 Å². The quantitative estimate of drug-likeness (QED) is 0.488. The van der Waals surface area contributed by atoms with Crippen molar-refractivity contribution in [3.05, 3.63) is 35.7 Å². The number of nitrogens with two attached hydrogens (primary N) is 1. The summed E-state index contributed by atoms with van der Waals surface area (Å²) >= 11 is 0. The van der Waals surface area contributed by atoms with Crippen molar-refractivity contribution >= 4 is 17.5 Å². The van der Waals surface area contributed by atoms with Crippen molar-refractivity contribution < 1.29 is 19.5 Å². The van der Waals surface area contributed by atoms with Crippen LogP contribution in [0.2, 0.25) is 0 Å². The lowest BCUT2D eigenvalue weighted by molar-refractivity contribution is -0.141. The molecule has 1 aliphatic rings. The first-order chi connectivity index (χ1) is 12.4. The van der Waals surface area contributed by atoms with Gasteiger partial charge in [-0.05, 0) is 32.0 Å². The lowest BCUT2D eigenvalue weighted by Crippen LogP contribution is -2.36. The molecule has 0 aliphatic heterocycles. The van der Waals surface area contributed by atoms with Crippen molar-refractivity contribution in [3.63, 3.8) is 0 Å². The second-order valence-corrected chi connectivity index (χ2v) is 6.44. The van der Waals surface area contributed by atoms with E-state index in [0.29, 0.717) is 22.8 Å². The first-order valence-electron chi connectivity index (χ1n) is 8.08. The first-order valence-corrected chi connectivity index (χ1v) is 8.08. The molecule has 0 fully saturated rings. The molecule has 8 nitrogen and oxygen atoms in total. The molecule has 8 heteroatoms. The van der Waals surface area contributed by atoms with E-state index < -0.39 is 5.41 Å². The number of oxime groups is 1. The molecular formula is C18H20N4O4. The molecule has 0 unspecified atom stereocenters. The number of hydrogen-bond acceptors (Lipinski definition) is 8. The highest BCUT2D eigenvalue weighted by Crippen LogP contribution is 2.45. The van der Waals surface area contributed by atoms with Crippen LogP contribution in [0, 0.1) is 0 Å². The Hall–Kier alpha value is -3.16. The van der Waals surface area contributed by atoms with Crippen LogP contribution < -0.4 is 5.73 Å². The van der Waals surface area contributed by atoms with Crippen LogP contribution in [-0.2, 0) is 19.8 Å². The van der Waals surface area contributed by atoms with Gasteiger partial charge < -0.3 is 20.4 Å². The molecule has 0 radical (unpaired) electrons. The number of benzene rings is 1. The molecule has 136 valence electrons. The lowest BCUT2D eigenvalue weighted by Gasteiger charge is -2.34. The van der Waals surface area contributed by atoms with E-state index in [1.54, 1.807) is 18.2 Å². The fourth-order valence-corrected chi connectivity index (χ4v) is 3.11. The second-order valence-electron chi connectivity index (χ2n) is 6.44. The summed E-state index contributed by atoms with van der Waals surface area (Å²) in [6.45, 7) is 3.94. The molecular weight excluding hydrogens is 336 g/mol. The van der Waals surface area contributed by atoms with Crippen LogP contribution in [0.5, 0.6) is 5.75 Å². The minimum absolute atomic E-state index is 0.0774. The Morgan fingerprint density at radius 2 is 2.08 bits per heavy atom. The molecule has 1 aromatic heterocycles. The Balaban J connectivity index is 2.08. The number of anilines is 1. The van der Waals surface area contributed by atoms with Crippen LogP contribution in [0.25, 0.3) is 11.3 Å². The van der Waals surface area contributed by atoms with Gasteiger partial charge in [-0.15, -0.1) is 0 Å². The van der Waals surface area contributed by atoms with Crippen LogP contribution in [0.4, 0.5) is 5.82 Å². The van der Waals surface area contributed by atoms with Gasteiger partial charge in [0.1, 0.15) is 24.5 Å². The summed E-state index contributed by atoms with van der Waals surface area (Å²) in [6, 6.07) is 4.95. The molecule has 0 atom stereocenters. The summed E-state index contributed by atoms with van der Waals surface area (Å²) in [6.07, 6.45) is 1.50.